The van der Waals surface area contributed by atoms with Crippen LogP contribution in [0.1, 0.15) is 41.6 Å². The number of amides is 1. The van der Waals surface area contributed by atoms with E-state index < -0.39 is 6.09 Å². The van der Waals surface area contributed by atoms with E-state index in [-0.39, 0.29) is 0 Å². The van der Waals surface area contributed by atoms with Gasteiger partial charge in [-0.05, 0) is 75.5 Å². The minimum atomic E-state index is -0.829. The van der Waals surface area contributed by atoms with Crippen LogP contribution in [-0.4, -0.2) is 53.3 Å². The molecule has 1 fully saturated rings. The molecule has 1 aliphatic rings. The molecule has 1 saturated heterocycles. The quantitative estimate of drug-likeness (QED) is 0.519. The second kappa shape index (κ2) is 10.6. The summed E-state index contributed by atoms with van der Waals surface area (Å²) >= 11 is 0. The van der Waals surface area contributed by atoms with Gasteiger partial charge < -0.3 is 24.2 Å². The van der Waals surface area contributed by atoms with Crippen molar-refractivity contribution in [1.29, 1.82) is 5.26 Å². The van der Waals surface area contributed by atoms with Crippen LogP contribution in [0.2, 0.25) is 0 Å². The lowest BCUT2D eigenvalue weighted by Crippen LogP contribution is -2.37. The number of likely N-dealkylation sites (tertiary alicyclic amines) is 1. The SMILES string of the molecule is CN(C)Cc1c(OCc2cccc(C#N)c2)ccc2c(CCC3CCN(C(=O)O)CC3)noc12. The van der Waals surface area contributed by atoms with E-state index in [1.807, 2.05) is 44.4 Å². The number of benzene rings is 2. The lowest BCUT2D eigenvalue weighted by Gasteiger charge is -2.29. The first kappa shape index (κ1) is 23.6. The number of rotatable bonds is 8. The van der Waals surface area contributed by atoms with Gasteiger partial charge in [-0.3, -0.25) is 0 Å². The molecule has 3 aromatic rings. The molecule has 0 saturated carbocycles. The summed E-state index contributed by atoms with van der Waals surface area (Å²) in [5.41, 5.74) is 4.17. The Morgan fingerprint density at radius 2 is 2.09 bits per heavy atom. The van der Waals surface area contributed by atoms with Crippen LogP contribution >= 0.6 is 0 Å². The van der Waals surface area contributed by atoms with Gasteiger partial charge in [-0.1, -0.05) is 17.3 Å². The highest BCUT2D eigenvalue weighted by Gasteiger charge is 2.23. The number of carboxylic acid groups (broad SMARTS) is 1. The minimum absolute atomic E-state index is 0.359. The maximum atomic E-state index is 11.1. The monoisotopic (exact) mass is 462 g/mol. The maximum absolute atomic E-state index is 11.1. The number of fused-ring (bicyclic) bond motifs is 1. The predicted molar refractivity (Wildman–Crippen MR) is 128 cm³/mol. The molecule has 2 aromatic carbocycles. The molecule has 1 N–H and O–H groups in total. The number of piperidine rings is 1. The smallest absolute Gasteiger partial charge is 0.407 e. The minimum Gasteiger partial charge on any atom is -0.488 e. The standard InChI is InChI=1S/C26H30N4O4/c1-29(2)16-22-24(33-17-20-5-3-4-19(14-20)15-27)9-7-21-23(28-34-25(21)22)8-6-18-10-12-30(13-11-18)26(31)32/h3-5,7,9,14,18H,6,8,10-13,16-17H2,1-2H3,(H,31,32). The largest absolute Gasteiger partial charge is 0.488 e. The molecule has 0 spiro atoms. The molecule has 0 radical (unpaired) electrons. The molecule has 0 unspecified atom stereocenters. The maximum Gasteiger partial charge on any atom is 0.407 e. The Kier molecular flexibility index (Phi) is 7.33. The fraction of sp³-hybridized carbons (Fsp3) is 0.423. The van der Waals surface area contributed by atoms with Crippen LogP contribution in [-0.2, 0) is 19.6 Å². The van der Waals surface area contributed by atoms with Crippen molar-refractivity contribution >= 4 is 17.1 Å². The van der Waals surface area contributed by atoms with Gasteiger partial charge in [0.15, 0.2) is 5.58 Å². The molecule has 8 nitrogen and oxygen atoms in total. The number of carbonyl (C=O) groups is 1. The molecule has 34 heavy (non-hydrogen) atoms. The first-order valence-corrected chi connectivity index (χ1v) is 11.6. The molecule has 1 amide bonds. The normalized spacial score (nSPS) is 14.5. The number of ether oxygens (including phenoxy) is 1. The van der Waals surface area contributed by atoms with Gasteiger partial charge in [-0.2, -0.15) is 5.26 Å². The second-order valence-corrected chi connectivity index (χ2v) is 9.14. The molecule has 178 valence electrons. The van der Waals surface area contributed by atoms with Crippen LogP contribution in [0.5, 0.6) is 5.75 Å². The Labute approximate surface area is 199 Å². The Morgan fingerprint density at radius 1 is 1.29 bits per heavy atom. The predicted octanol–water partition coefficient (Wildman–Crippen LogP) is 4.66. The molecule has 1 aromatic heterocycles. The number of nitrogens with zero attached hydrogens (tertiary/aromatic N) is 4. The summed E-state index contributed by atoms with van der Waals surface area (Å²) in [7, 11) is 4.00. The van der Waals surface area contributed by atoms with E-state index in [1.165, 1.54) is 4.90 Å². The van der Waals surface area contributed by atoms with Gasteiger partial charge in [0.1, 0.15) is 12.4 Å². The van der Waals surface area contributed by atoms with Crippen LogP contribution in [0.15, 0.2) is 40.9 Å². The van der Waals surface area contributed by atoms with Crippen LogP contribution in [0.3, 0.4) is 0 Å². The molecule has 2 heterocycles. The zero-order chi connectivity index (χ0) is 24.1. The zero-order valence-electron chi connectivity index (χ0n) is 19.7. The molecule has 4 rings (SSSR count). The highest BCUT2D eigenvalue weighted by Crippen LogP contribution is 2.33. The van der Waals surface area contributed by atoms with Crippen molar-refractivity contribution in [3.8, 4) is 11.8 Å². The number of nitriles is 1. The average molecular weight is 463 g/mol. The third kappa shape index (κ3) is 5.49. The fourth-order valence-electron chi connectivity index (χ4n) is 4.52. The number of hydrogen-bond donors (Lipinski definition) is 1. The Morgan fingerprint density at radius 3 is 2.79 bits per heavy atom. The molecule has 0 atom stereocenters. The lowest BCUT2D eigenvalue weighted by atomic mass is 9.91. The van der Waals surface area contributed by atoms with E-state index in [2.05, 4.69) is 16.1 Å². The topological polar surface area (TPSA) is 103 Å². The highest BCUT2D eigenvalue weighted by molar-refractivity contribution is 5.84. The van der Waals surface area contributed by atoms with Crippen LogP contribution in [0.25, 0.3) is 11.0 Å². The number of aryl methyl sites for hydroxylation is 1. The van der Waals surface area contributed by atoms with E-state index in [1.54, 1.807) is 6.07 Å². The average Bonchev–Trinajstić information content (AvgIpc) is 3.25. The van der Waals surface area contributed by atoms with Gasteiger partial charge in [0.2, 0.25) is 0 Å². The summed E-state index contributed by atoms with van der Waals surface area (Å²) in [4.78, 5) is 14.7. The first-order valence-electron chi connectivity index (χ1n) is 11.6. The van der Waals surface area contributed by atoms with E-state index in [0.29, 0.717) is 37.7 Å². The highest BCUT2D eigenvalue weighted by atomic mass is 16.5. The van der Waals surface area contributed by atoms with E-state index in [9.17, 15) is 4.79 Å². The Balaban J connectivity index is 1.48. The third-order valence-corrected chi connectivity index (χ3v) is 6.37. The van der Waals surface area contributed by atoms with Gasteiger partial charge >= 0.3 is 6.09 Å². The molecule has 0 aliphatic carbocycles. The van der Waals surface area contributed by atoms with E-state index in [4.69, 9.17) is 19.6 Å². The van der Waals surface area contributed by atoms with Crippen LogP contribution in [0, 0.1) is 17.2 Å². The number of aromatic nitrogens is 1. The summed E-state index contributed by atoms with van der Waals surface area (Å²) in [5, 5.41) is 23.6. The van der Waals surface area contributed by atoms with Crippen molar-refractivity contribution in [2.24, 2.45) is 5.92 Å². The molecular weight excluding hydrogens is 432 g/mol. The summed E-state index contributed by atoms with van der Waals surface area (Å²) in [6.07, 6.45) is 2.71. The Hall–Kier alpha value is -3.57. The summed E-state index contributed by atoms with van der Waals surface area (Å²) in [5.74, 6) is 1.24. The van der Waals surface area contributed by atoms with Crippen molar-refractivity contribution in [3.63, 3.8) is 0 Å². The first-order chi connectivity index (χ1) is 16.4. The van der Waals surface area contributed by atoms with Crippen molar-refractivity contribution in [1.82, 2.24) is 15.0 Å². The van der Waals surface area contributed by atoms with Crippen LogP contribution in [0.4, 0.5) is 4.79 Å². The summed E-state index contributed by atoms with van der Waals surface area (Å²) in [6.45, 7) is 2.21. The zero-order valence-corrected chi connectivity index (χ0v) is 19.7. The van der Waals surface area contributed by atoms with Crippen molar-refractivity contribution in [2.75, 3.05) is 27.2 Å². The molecule has 1 aliphatic heterocycles. The second-order valence-electron chi connectivity index (χ2n) is 9.14. The molecule has 0 bridgehead atoms. The van der Waals surface area contributed by atoms with Gasteiger partial charge in [-0.15, -0.1) is 0 Å². The van der Waals surface area contributed by atoms with Crippen LogP contribution < -0.4 is 4.74 Å². The van der Waals surface area contributed by atoms with Gasteiger partial charge in [-0.25, -0.2) is 4.79 Å². The molecular formula is C26H30N4O4. The van der Waals surface area contributed by atoms with Gasteiger partial charge in [0.25, 0.3) is 0 Å². The van der Waals surface area contributed by atoms with Crippen molar-refractivity contribution in [3.05, 3.63) is 58.8 Å². The fourth-order valence-corrected chi connectivity index (χ4v) is 4.52. The third-order valence-electron chi connectivity index (χ3n) is 6.37. The summed E-state index contributed by atoms with van der Waals surface area (Å²) < 4.78 is 12.0. The van der Waals surface area contributed by atoms with Crippen molar-refractivity contribution < 1.29 is 19.2 Å². The lowest BCUT2D eigenvalue weighted by molar-refractivity contribution is 0.123. The van der Waals surface area contributed by atoms with Gasteiger partial charge in [0.05, 0.1) is 22.9 Å². The van der Waals surface area contributed by atoms with Gasteiger partial charge in [0, 0.05) is 25.0 Å². The summed E-state index contributed by atoms with van der Waals surface area (Å²) in [6, 6.07) is 13.5. The molecule has 8 heteroatoms. The number of hydrogen-bond acceptors (Lipinski definition) is 6. The Bertz CT molecular complexity index is 1190. The van der Waals surface area contributed by atoms with E-state index in [0.717, 1.165) is 59.2 Å². The van der Waals surface area contributed by atoms with Crippen molar-refractivity contribution in [2.45, 2.75) is 38.8 Å². The van der Waals surface area contributed by atoms with E-state index >= 15 is 0 Å².